The molecular formula is C25H30Cl2F6N4O5. The molecule has 17 heteroatoms. The maximum Gasteiger partial charge on any atom is 0.573 e. The van der Waals surface area contributed by atoms with Gasteiger partial charge in [0.05, 0.1) is 24.3 Å². The van der Waals surface area contributed by atoms with Gasteiger partial charge in [-0.25, -0.2) is 4.79 Å². The molecule has 2 aliphatic rings. The second kappa shape index (κ2) is 14.7. The van der Waals surface area contributed by atoms with Crippen LogP contribution in [-0.2, 0) is 10.9 Å². The van der Waals surface area contributed by atoms with E-state index in [0.29, 0.717) is 31.9 Å². The number of rotatable bonds is 7. The Labute approximate surface area is 249 Å². The van der Waals surface area contributed by atoms with Crippen LogP contribution in [0.4, 0.5) is 42.5 Å². The molecule has 0 unspecified atom stereocenters. The maximum atomic E-state index is 13.1. The van der Waals surface area contributed by atoms with E-state index in [2.05, 4.69) is 15.4 Å². The third-order valence-corrected chi connectivity index (χ3v) is 6.73. The highest BCUT2D eigenvalue weighted by Crippen LogP contribution is 2.33. The fraction of sp³-hybridized carbons (Fsp3) is 0.480. The van der Waals surface area contributed by atoms with Gasteiger partial charge in [-0.3, -0.25) is 4.90 Å². The van der Waals surface area contributed by atoms with E-state index in [-0.39, 0.29) is 37.0 Å². The number of carbonyl (C=O) groups excluding carboxylic acids is 1. The van der Waals surface area contributed by atoms with E-state index in [9.17, 15) is 41.4 Å². The Hall–Kier alpha value is -2.69. The molecule has 2 heterocycles. The van der Waals surface area contributed by atoms with Crippen molar-refractivity contribution in [2.75, 3.05) is 49.5 Å². The number of aliphatic hydroxyl groups is 2. The van der Waals surface area contributed by atoms with Crippen molar-refractivity contribution in [3.8, 4) is 5.75 Å². The summed E-state index contributed by atoms with van der Waals surface area (Å²) in [4.78, 5) is 16.1. The van der Waals surface area contributed by atoms with Crippen molar-refractivity contribution >= 4 is 42.2 Å². The quantitative estimate of drug-likeness (QED) is 0.337. The van der Waals surface area contributed by atoms with E-state index in [0.717, 1.165) is 24.3 Å². The Bertz CT molecular complexity index is 1150. The van der Waals surface area contributed by atoms with E-state index < -0.39 is 60.8 Å². The van der Waals surface area contributed by atoms with E-state index in [1.807, 2.05) is 9.80 Å². The zero-order chi connectivity index (χ0) is 29.1. The van der Waals surface area contributed by atoms with Crippen molar-refractivity contribution in [2.24, 2.45) is 0 Å². The fourth-order valence-corrected chi connectivity index (χ4v) is 4.86. The Morgan fingerprint density at radius 1 is 0.976 bits per heavy atom. The van der Waals surface area contributed by atoms with Crippen molar-refractivity contribution in [3.05, 3.63) is 54.1 Å². The highest BCUT2D eigenvalue weighted by molar-refractivity contribution is 5.89. The van der Waals surface area contributed by atoms with Crippen molar-refractivity contribution in [1.29, 1.82) is 0 Å². The van der Waals surface area contributed by atoms with Crippen LogP contribution in [0.5, 0.6) is 5.75 Å². The normalized spacial score (nSPS) is 23.0. The first-order valence-electron chi connectivity index (χ1n) is 12.4. The minimum absolute atomic E-state index is 0. The lowest BCUT2D eigenvalue weighted by Gasteiger charge is -2.41. The Morgan fingerprint density at radius 2 is 1.62 bits per heavy atom. The molecule has 2 aromatic carbocycles. The molecule has 0 aliphatic carbocycles. The number of piperazine rings is 1. The lowest BCUT2D eigenvalue weighted by atomic mass is 10.0. The third kappa shape index (κ3) is 9.15. The minimum atomic E-state index is -4.84. The van der Waals surface area contributed by atoms with Gasteiger partial charge in [-0.05, 0) is 42.5 Å². The molecule has 0 radical (unpaired) electrons. The van der Waals surface area contributed by atoms with Gasteiger partial charge in [0, 0.05) is 44.1 Å². The first-order valence-corrected chi connectivity index (χ1v) is 12.4. The predicted octanol–water partition coefficient (Wildman–Crippen LogP) is 3.88. The predicted molar refractivity (Wildman–Crippen MR) is 145 cm³/mol. The molecule has 9 nitrogen and oxygen atoms in total. The lowest BCUT2D eigenvalue weighted by molar-refractivity contribution is -0.274. The first kappa shape index (κ1) is 35.5. The summed E-state index contributed by atoms with van der Waals surface area (Å²) >= 11 is 0. The average molecular weight is 651 g/mol. The molecule has 2 fully saturated rings. The second-order valence-electron chi connectivity index (χ2n) is 9.36. The zero-order valence-electron chi connectivity index (χ0n) is 21.8. The summed E-state index contributed by atoms with van der Waals surface area (Å²) in [6.07, 6.45) is -12.0. The molecule has 2 amide bonds. The number of amides is 2. The van der Waals surface area contributed by atoms with Crippen LogP contribution >= 0.6 is 24.8 Å². The molecule has 42 heavy (non-hydrogen) atoms. The van der Waals surface area contributed by atoms with Gasteiger partial charge in [0.2, 0.25) is 0 Å². The number of halogens is 8. The van der Waals surface area contributed by atoms with Gasteiger partial charge in [-0.2, -0.15) is 13.2 Å². The Morgan fingerprint density at radius 3 is 2.19 bits per heavy atom. The number of ether oxygens (including phenoxy) is 2. The fourth-order valence-electron chi connectivity index (χ4n) is 4.86. The summed E-state index contributed by atoms with van der Waals surface area (Å²) in [5.74, 6) is -0.446. The van der Waals surface area contributed by atoms with Crippen LogP contribution in [0.2, 0.25) is 0 Å². The van der Waals surface area contributed by atoms with Crippen molar-refractivity contribution in [1.82, 2.24) is 10.2 Å². The van der Waals surface area contributed by atoms with Crippen LogP contribution in [0.1, 0.15) is 5.56 Å². The van der Waals surface area contributed by atoms with E-state index in [1.165, 1.54) is 18.2 Å². The molecule has 2 aromatic rings. The maximum absolute atomic E-state index is 13.1. The van der Waals surface area contributed by atoms with Gasteiger partial charge < -0.3 is 35.2 Å². The van der Waals surface area contributed by atoms with Crippen molar-refractivity contribution < 1.29 is 50.8 Å². The van der Waals surface area contributed by atoms with Gasteiger partial charge in [0.1, 0.15) is 18.0 Å². The summed E-state index contributed by atoms with van der Waals surface area (Å²) in [7, 11) is 0. The molecule has 4 rings (SSSR count). The highest BCUT2D eigenvalue weighted by Gasteiger charge is 2.47. The second-order valence-corrected chi connectivity index (χ2v) is 9.36. The number of benzene rings is 2. The monoisotopic (exact) mass is 650 g/mol. The van der Waals surface area contributed by atoms with E-state index >= 15 is 0 Å². The molecular weight excluding hydrogens is 621 g/mol. The summed E-state index contributed by atoms with van der Waals surface area (Å²) in [5.41, 5.74) is -0.110. The van der Waals surface area contributed by atoms with Crippen LogP contribution in [0, 0.1) is 0 Å². The SMILES string of the molecule is Cl.Cl.O=C(NC[C@H]1O[C@@H](CO)[C@@H](O)[C@H]1N1CCN(c2cccc(C(F)(F)F)c2)CC1)Nc1ccc(OC(F)(F)F)cc1. The van der Waals surface area contributed by atoms with Gasteiger partial charge in [-0.15, -0.1) is 38.0 Å². The highest BCUT2D eigenvalue weighted by atomic mass is 35.5. The minimum Gasteiger partial charge on any atom is -0.406 e. The number of alkyl halides is 6. The summed E-state index contributed by atoms with van der Waals surface area (Å²) < 4.78 is 85.8. The van der Waals surface area contributed by atoms with Gasteiger partial charge in [0.15, 0.2) is 0 Å². The van der Waals surface area contributed by atoms with E-state index in [4.69, 9.17) is 4.74 Å². The number of urea groups is 1. The zero-order valence-corrected chi connectivity index (χ0v) is 23.4. The topological polar surface area (TPSA) is 107 Å². The van der Waals surface area contributed by atoms with E-state index in [1.54, 1.807) is 6.07 Å². The largest absolute Gasteiger partial charge is 0.573 e. The van der Waals surface area contributed by atoms with Gasteiger partial charge >= 0.3 is 18.6 Å². The number of nitrogens with one attached hydrogen (secondary N) is 2. The standard InChI is InChI=1S/C25H28F6N4O5.2ClH/c26-24(27,28)15-2-1-3-17(12-15)34-8-10-35(11-9-34)21-19(39-20(14-36)22(21)37)13-32-23(38)33-16-4-6-18(7-5-16)40-25(29,30)31;;/h1-7,12,19-22,36-37H,8-11,13-14H2,(H2,32,33,38);2*1H/t19-,20+,21+,22-;;/m1../s1. The van der Waals surface area contributed by atoms with Crippen LogP contribution < -0.4 is 20.3 Å². The molecule has 0 spiro atoms. The number of anilines is 2. The summed E-state index contributed by atoms with van der Waals surface area (Å²) in [6, 6.07) is 8.30. The number of nitrogens with zero attached hydrogens (tertiary/aromatic N) is 2. The van der Waals surface area contributed by atoms with Crippen LogP contribution in [0.3, 0.4) is 0 Å². The first-order chi connectivity index (χ1) is 18.8. The molecule has 0 bridgehead atoms. The molecule has 0 aromatic heterocycles. The van der Waals surface area contributed by atoms with Crippen molar-refractivity contribution in [3.63, 3.8) is 0 Å². The Kier molecular flexibility index (Phi) is 12.4. The molecule has 2 aliphatic heterocycles. The molecule has 4 N–H and O–H groups in total. The number of hydrogen-bond acceptors (Lipinski definition) is 7. The number of hydrogen-bond donors (Lipinski definition) is 4. The van der Waals surface area contributed by atoms with Crippen molar-refractivity contribution in [2.45, 2.75) is 36.9 Å². The average Bonchev–Trinajstić information content (AvgIpc) is 3.22. The van der Waals surface area contributed by atoms with Gasteiger partial charge in [-0.1, -0.05) is 6.07 Å². The van der Waals surface area contributed by atoms with Crippen LogP contribution in [0.25, 0.3) is 0 Å². The lowest BCUT2D eigenvalue weighted by Crippen LogP contribution is -2.57. The Balaban J connectivity index is 0.00000308. The number of carbonyl (C=O) groups is 1. The third-order valence-electron chi connectivity index (χ3n) is 6.73. The summed E-state index contributed by atoms with van der Waals surface area (Å²) in [5, 5.41) is 25.5. The van der Waals surface area contributed by atoms with Crippen LogP contribution in [-0.4, -0.2) is 91.2 Å². The smallest absolute Gasteiger partial charge is 0.406 e. The molecule has 236 valence electrons. The van der Waals surface area contributed by atoms with Gasteiger partial charge in [0.25, 0.3) is 0 Å². The number of aliphatic hydroxyl groups excluding tert-OH is 2. The van der Waals surface area contributed by atoms with Crippen LogP contribution in [0.15, 0.2) is 48.5 Å². The molecule has 4 atom stereocenters. The molecule has 0 saturated carbocycles. The summed E-state index contributed by atoms with van der Waals surface area (Å²) in [6.45, 7) is 0.999. The molecule has 2 saturated heterocycles.